The summed E-state index contributed by atoms with van der Waals surface area (Å²) < 4.78 is 28.1. The maximum atomic E-state index is 11.8. The Kier molecular flexibility index (Phi) is 6.27. The first-order valence-corrected chi connectivity index (χ1v) is 6.06. The molecule has 1 amide bonds. The number of carbonyl (C=O) groups excluding carboxylic acids is 1. The largest absolute Gasteiger partial charge is 0.397 e. The number of hydrogen-bond donors (Lipinski definition) is 2. The van der Waals surface area contributed by atoms with E-state index in [0.29, 0.717) is 5.02 Å². The molecule has 0 atom stereocenters. The smallest absolute Gasteiger partial charge is 0.261 e. The number of carbonyl (C=O) groups is 1. The molecule has 8 heteroatoms. The topological polar surface area (TPSA) is 64.3 Å². The summed E-state index contributed by atoms with van der Waals surface area (Å²) in [6.07, 6.45) is -2.63. The lowest BCUT2D eigenvalue weighted by Gasteiger charge is -2.10. The molecule has 0 saturated heterocycles. The normalized spacial score (nSPS) is 10.8. The Bertz CT molecular complexity index is 435. The zero-order valence-corrected chi connectivity index (χ0v) is 11.3. The number of benzene rings is 1. The molecule has 0 aliphatic carbocycles. The number of anilines is 2. The molecular weight excluding hydrogens is 301 g/mol. The number of nitrogens with one attached hydrogen (secondary N) is 1. The summed E-state index contributed by atoms with van der Waals surface area (Å²) >= 11 is 11.6. The van der Waals surface area contributed by atoms with Crippen LogP contribution in [0.5, 0.6) is 0 Å². The SMILES string of the molecule is Nc1cc(Cl)cc(Cl)c1NC(=O)CCOCC(F)F. The zero-order valence-electron chi connectivity index (χ0n) is 9.76. The van der Waals surface area contributed by atoms with Crippen LogP contribution >= 0.6 is 23.2 Å². The standard InChI is InChI=1S/C11H12Cl2F2N2O2/c12-6-3-7(13)11(8(16)4-6)17-10(18)1-2-19-5-9(14)15/h3-4,9H,1-2,5,16H2,(H,17,18). The Labute approximate surface area is 118 Å². The molecule has 1 aromatic carbocycles. The van der Waals surface area contributed by atoms with Crippen LogP contribution in [0.3, 0.4) is 0 Å². The summed E-state index contributed by atoms with van der Waals surface area (Å²) in [6.45, 7) is -0.807. The predicted molar refractivity (Wildman–Crippen MR) is 70.9 cm³/mol. The van der Waals surface area contributed by atoms with Crippen LogP contribution in [0.25, 0.3) is 0 Å². The van der Waals surface area contributed by atoms with Gasteiger partial charge in [0.2, 0.25) is 5.91 Å². The minimum Gasteiger partial charge on any atom is -0.397 e. The van der Waals surface area contributed by atoms with Gasteiger partial charge in [-0.1, -0.05) is 23.2 Å². The molecule has 0 spiro atoms. The van der Waals surface area contributed by atoms with Crippen molar-refractivity contribution < 1.29 is 18.3 Å². The second kappa shape index (κ2) is 7.47. The van der Waals surface area contributed by atoms with Crippen LogP contribution in [0.15, 0.2) is 12.1 Å². The predicted octanol–water partition coefficient (Wildman–Crippen LogP) is 3.19. The third-order valence-electron chi connectivity index (χ3n) is 2.07. The summed E-state index contributed by atoms with van der Waals surface area (Å²) in [5, 5.41) is 3.02. The van der Waals surface area contributed by atoms with E-state index in [-0.39, 0.29) is 29.4 Å². The average molecular weight is 313 g/mol. The lowest BCUT2D eigenvalue weighted by atomic mass is 10.2. The van der Waals surface area contributed by atoms with Crippen molar-refractivity contribution in [3.63, 3.8) is 0 Å². The molecule has 19 heavy (non-hydrogen) atoms. The lowest BCUT2D eigenvalue weighted by molar-refractivity contribution is -0.117. The number of amides is 1. The van der Waals surface area contributed by atoms with Gasteiger partial charge in [-0.25, -0.2) is 8.78 Å². The highest BCUT2D eigenvalue weighted by molar-refractivity contribution is 6.37. The van der Waals surface area contributed by atoms with Crippen LogP contribution in [0.4, 0.5) is 20.2 Å². The summed E-state index contributed by atoms with van der Waals surface area (Å²) in [6, 6.07) is 2.87. The van der Waals surface area contributed by atoms with Crippen LogP contribution < -0.4 is 11.1 Å². The molecule has 4 nitrogen and oxygen atoms in total. The molecule has 0 aliphatic rings. The molecule has 106 valence electrons. The van der Waals surface area contributed by atoms with Crippen molar-refractivity contribution in [2.24, 2.45) is 0 Å². The molecule has 0 aromatic heterocycles. The van der Waals surface area contributed by atoms with E-state index in [2.05, 4.69) is 10.1 Å². The van der Waals surface area contributed by atoms with Crippen LogP contribution in [0.1, 0.15) is 6.42 Å². The summed E-state index contributed by atoms with van der Waals surface area (Å²) in [7, 11) is 0. The van der Waals surface area contributed by atoms with Gasteiger partial charge in [0, 0.05) is 5.02 Å². The van der Waals surface area contributed by atoms with E-state index in [0.717, 1.165) is 0 Å². The Morgan fingerprint density at radius 1 is 1.42 bits per heavy atom. The highest BCUT2D eigenvalue weighted by Gasteiger charge is 2.11. The van der Waals surface area contributed by atoms with Crippen molar-refractivity contribution in [1.29, 1.82) is 0 Å². The molecule has 1 rings (SSSR count). The van der Waals surface area contributed by atoms with Gasteiger partial charge in [0.1, 0.15) is 6.61 Å². The first-order chi connectivity index (χ1) is 8.90. The molecular formula is C11H12Cl2F2N2O2. The van der Waals surface area contributed by atoms with Gasteiger partial charge in [-0.2, -0.15) is 0 Å². The van der Waals surface area contributed by atoms with Gasteiger partial charge >= 0.3 is 0 Å². The van der Waals surface area contributed by atoms with Gasteiger partial charge in [0.15, 0.2) is 0 Å². The fourth-order valence-electron chi connectivity index (χ4n) is 1.26. The number of hydrogen-bond acceptors (Lipinski definition) is 3. The molecule has 0 saturated carbocycles. The Morgan fingerprint density at radius 3 is 2.68 bits per heavy atom. The number of ether oxygens (including phenoxy) is 1. The van der Waals surface area contributed by atoms with Crippen LogP contribution in [0.2, 0.25) is 10.0 Å². The van der Waals surface area contributed by atoms with Gasteiger partial charge in [0.25, 0.3) is 6.43 Å². The minimum absolute atomic E-state index is 0.0783. The fourth-order valence-corrected chi connectivity index (χ4v) is 1.82. The Hall–Kier alpha value is -1.11. The number of rotatable bonds is 6. The van der Waals surface area contributed by atoms with Crippen molar-refractivity contribution in [2.45, 2.75) is 12.8 Å². The van der Waals surface area contributed by atoms with Crippen LogP contribution in [0, 0.1) is 0 Å². The summed E-state index contributed by atoms with van der Waals surface area (Å²) in [4.78, 5) is 11.5. The highest BCUT2D eigenvalue weighted by Crippen LogP contribution is 2.32. The van der Waals surface area contributed by atoms with Crippen molar-refractivity contribution in [3.05, 3.63) is 22.2 Å². The van der Waals surface area contributed by atoms with Gasteiger partial charge in [-0.3, -0.25) is 4.79 Å². The quantitative estimate of drug-likeness (QED) is 0.626. The molecule has 0 heterocycles. The highest BCUT2D eigenvalue weighted by atomic mass is 35.5. The summed E-state index contributed by atoms with van der Waals surface area (Å²) in [5.74, 6) is -0.440. The molecule has 0 unspecified atom stereocenters. The van der Waals surface area contributed by atoms with E-state index in [1.54, 1.807) is 0 Å². The number of halogens is 4. The van der Waals surface area contributed by atoms with E-state index < -0.39 is 18.9 Å². The Morgan fingerprint density at radius 2 is 2.11 bits per heavy atom. The molecule has 1 aromatic rings. The van der Waals surface area contributed by atoms with Crippen molar-refractivity contribution in [2.75, 3.05) is 24.3 Å². The second-order valence-corrected chi connectivity index (χ2v) is 4.46. The third kappa shape index (κ3) is 5.59. The van der Waals surface area contributed by atoms with Crippen molar-refractivity contribution in [3.8, 4) is 0 Å². The lowest BCUT2D eigenvalue weighted by Crippen LogP contribution is -2.16. The molecule has 0 aliphatic heterocycles. The van der Waals surface area contributed by atoms with Gasteiger partial charge in [-0.05, 0) is 12.1 Å². The molecule has 0 radical (unpaired) electrons. The molecule has 0 bridgehead atoms. The monoisotopic (exact) mass is 312 g/mol. The number of nitrogen functional groups attached to an aromatic ring is 1. The van der Waals surface area contributed by atoms with Crippen LogP contribution in [-0.4, -0.2) is 25.5 Å². The van der Waals surface area contributed by atoms with Crippen molar-refractivity contribution >= 4 is 40.5 Å². The van der Waals surface area contributed by atoms with E-state index in [1.165, 1.54) is 12.1 Å². The first-order valence-electron chi connectivity index (χ1n) is 5.30. The minimum atomic E-state index is -2.55. The molecule has 0 fully saturated rings. The zero-order chi connectivity index (χ0) is 14.4. The van der Waals surface area contributed by atoms with Crippen molar-refractivity contribution in [1.82, 2.24) is 0 Å². The number of nitrogens with two attached hydrogens (primary N) is 1. The Balaban J connectivity index is 2.49. The first kappa shape index (κ1) is 15.9. The maximum absolute atomic E-state index is 11.8. The van der Waals surface area contributed by atoms with Gasteiger partial charge in [-0.15, -0.1) is 0 Å². The van der Waals surface area contributed by atoms with E-state index in [4.69, 9.17) is 28.9 Å². The van der Waals surface area contributed by atoms with Gasteiger partial charge in [0.05, 0.1) is 29.4 Å². The average Bonchev–Trinajstić information content (AvgIpc) is 2.29. The third-order valence-corrected chi connectivity index (χ3v) is 2.58. The second-order valence-electron chi connectivity index (χ2n) is 3.62. The number of alkyl halides is 2. The maximum Gasteiger partial charge on any atom is 0.261 e. The molecule has 3 N–H and O–H groups in total. The van der Waals surface area contributed by atoms with E-state index >= 15 is 0 Å². The van der Waals surface area contributed by atoms with E-state index in [9.17, 15) is 13.6 Å². The van der Waals surface area contributed by atoms with Crippen LogP contribution in [-0.2, 0) is 9.53 Å². The van der Waals surface area contributed by atoms with E-state index in [1.807, 2.05) is 0 Å². The van der Waals surface area contributed by atoms with Gasteiger partial charge < -0.3 is 15.8 Å². The fraction of sp³-hybridized carbons (Fsp3) is 0.364. The summed E-state index contributed by atoms with van der Waals surface area (Å²) in [5.41, 5.74) is 6.11.